The molecule has 0 saturated heterocycles. The molecule has 2 N–H and O–H groups in total. The highest BCUT2D eigenvalue weighted by molar-refractivity contribution is 5.73. The van der Waals surface area contributed by atoms with Crippen molar-refractivity contribution in [2.24, 2.45) is 0 Å². The summed E-state index contributed by atoms with van der Waals surface area (Å²) in [5.74, 6) is 0.183. The number of nitrogens with two attached hydrogens (primary N) is 1. The monoisotopic (exact) mass is 284 g/mol. The van der Waals surface area contributed by atoms with Crippen LogP contribution in [0.4, 0.5) is 10.1 Å². The predicted octanol–water partition coefficient (Wildman–Crippen LogP) is 2.66. The third kappa shape index (κ3) is 2.31. The third-order valence-corrected chi connectivity index (χ3v) is 3.18. The highest BCUT2D eigenvalue weighted by Crippen LogP contribution is 2.29. The Hall–Kier alpha value is -2.89. The number of pyridine rings is 1. The van der Waals surface area contributed by atoms with Crippen molar-refractivity contribution in [2.45, 2.75) is 0 Å². The third-order valence-electron chi connectivity index (χ3n) is 3.18. The average Bonchev–Trinajstić information content (AvgIpc) is 2.97. The number of methoxy groups -OCH3 is 1. The van der Waals surface area contributed by atoms with Gasteiger partial charge in [0.05, 0.1) is 31.0 Å². The molecule has 0 radical (unpaired) electrons. The first kappa shape index (κ1) is 13.1. The van der Waals surface area contributed by atoms with E-state index in [0.717, 1.165) is 0 Å². The number of rotatable bonds is 3. The standard InChI is InChI=1S/C15H13FN4O/c1-21-10-2-3-12(16)14(6-10)20-9-19-8-15(20)11-7-18-5-4-13(11)17/h2-9H,1H3,(H2,17,18). The fraction of sp³-hybridized carbons (Fsp3) is 0.0667. The average molecular weight is 284 g/mol. The van der Waals surface area contributed by atoms with Crippen LogP contribution in [-0.2, 0) is 0 Å². The molecule has 3 aromatic rings. The molecule has 0 spiro atoms. The fourth-order valence-corrected chi connectivity index (χ4v) is 2.11. The van der Waals surface area contributed by atoms with Gasteiger partial charge in [0.25, 0.3) is 0 Å². The molecular weight excluding hydrogens is 271 g/mol. The molecule has 0 amide bonds. The summed E-state index contributed by atoms with van der Waals surface area (Å²) in [6.45, 7) is 0. The van der Waals surface area contributed by atoms with Gasteiger partial charge in [-0.1, -0.05) is 0 Å². The number of hydrogen-bond acceptors (Lipinski definition) is 4. The Morgan fingerprint density at radius 3 is 2.81 bits per heavy atom. The molecule has 2 heterocycles. The molecule has 6 heteroatoms. The number of benzene rings is 1. The van der Waals surface area contributed by atoms with E-state index in [4.69, 9.17) is 10.5 Å². The highest BCUT2D eigenvalue weighted by Gasteiger charge is 2.13. The minimum atomic E-state index is -0.377. The Morgan fingerprint density at radius 2 is 2.05 bits per heavy atom. The number of aromatic nitrogens is 3. The topological polar surface area (TPSA) is 66.0 Å². The van der Waals surface area contributed by atoms with E-state index in [1.54, 1.807) is 41.4 Å². The second-order valence-electron chi connectivity index (χ2n) is 4.43. The van der Waals surface area contributed by atoms with Crippen molar-refractivity contribution in [2.75, 3.05) is 12.8 Å². The van der Waals surface area contributed by atoms with Crippen molar-refractivity contribution in [1.29, 1.82) is 0 Å². The van der Waals surface area contributed by atoms with Gasteiger partial charge in [0.15, 0.2) is 0 Å². The quantitative estimate of drug-likeness (QED) is 0.803. The lowest BCUT2D eigenvalue weighted by molar-refractivity contribution is 0.413. The van der Waals surface area contributed by atoms with Crippen LogP contribution in [0.25, 0.3) is 16.9 Å². The van der Waals surface area contributed by atoms with E-state index in [1.165, 1.54) is 19.5 Å². The maximum atomic E-state index is 14.1. The molecule has 0 aliphatic heterocycles. The second kappa shape index (κ2) is 5.24. The first-order chi connectivity index (χ1) is 10.2. The molecule has 0 fully saturated rings. The van der Waals surface area contributed by atoms with E-state index >= 15 is 0 Å². The van der Waals surface area contributed by atoms with E-state index in [2.05, 4.69) is 9.97 Å². The van der Waals surface area contributed by atoms with Crippen molar-refractivity contribution in [1.82, 2.24) is 14.5 Å². The summed E-state index contributed by atoms with van der Waals surface area (Å²) < 4.78 is 20.9. The lowest BCUT2D eigenvalue weighted by Crippen LogP contribution is -2.01. The van der Waals surface area contributed by atoms with Gasteiger partial charge >= 0.3 is 0 Å². The second-order valence-corrected chi connectivity index (χ2v) is 4.43. The van der Waals surface area contributed by atoms with Gasteiger partial charge in [-0.3, -0.25) is 9.55 Å². The molecule has 2 aromatic heterocycles. The van der Waals surface area contributed by atoms with Gasteiger partial charge in [-0.15, -0.1) is 0 Å². The number of halogens is 1. The van der Waals surface area contributed by atoms with Gasteiger partial charge in [0.1, 0.15) is 11.6 Å². The van der Waals surface area contributed by atoms with Gasteiger partial charge < -0.3 is 10.5 Å². The largest absolute Gasteiger partial charge is 0.497 e. The van der Waals surface area contributed by atoms with Crippen molar-refractivity contribution in [3.05, 3.63) is 55.0 Å². The van der Waals surface area contributed by atoms with Crippen molar-refractivity contribution in [3.63, 3.8) is 0 Å². The molecule has 0 bridgehead atoms. The summed E-state index contributed by atoms with van der Waals surface area (Å²) in [7, 11) is 1.53. The van der Waals surface area contributed by atoms with Crippen LogP contribution in [-0.4, -0.2) is 21.6 Å². The highest BCUT2D eigenvalue weighted by atomic mass is 19.1. The maximum Gasteiger partial charge on any atom is 0.147 e. The van der Waals surface area contributed by atoms with Crippen LogP contribution in [0.5, 0.6) is 5.75 Å². The molecule has 0 aliphatic rings. The zero-order chi connectivity index (χ0) is 14.8. The van der Waals surface area contributed by atoms with E-state index in [9.17, 15) is 4.39 Å². The number of imidazole rings is 1. The van der Waals surface area contributed by atoms with Crippen molar-refractivity contribution >= 4 is 5.69 Å². The van der Waals surface area contributed by atoms with Crippen LogP contribution >= 0.6 is 0 Å². The zero-order valence-corrected chi connectivity index (χ0v) is 11.3. The Balaban J connectivity index is 2.18. The van der Waals surface area contributed by atoms with Crippen LogP contribution in [0.15, 0.2) is 49.2 Å². The Labute approximate surface area is 120 Å². The van der Waals surface area contributed by atoms with E-state index in [1.807, 2.05) is 0 Å². The predicted molar refractivity (Wildman–Crippen MR) is 77.7 cm³/mol. The number of hydrogen-bond donors (Lipinski definition) is 1. The van der Waals surface area contributed by atoms with Gasteiger partial charge in [-0.25, -0.2) is 9.37 Å². The molecule has 3 rings (SSSR count). The molecule has 21 heavy (non-hydrogen) atoms. The van der Waals surface area contributed by atoms with E-state index in [-0.39, 0.29) is 5.82 Å². The summed E-state index contributed by atoms with van der Waals surface area (Å²) in [5, 5.41) is 0. The number of nitrogen functional groups attached to an aromatic ring is 1. The molecule has 106 valence electrons. The summed E-state index contributed by atoms with van der Waals surface area (Å²) >= 11 is 0. The SMILES string of the molecule is COc1ccc(F)c(-n2cncc2-c2cnccc2N)c1. The van der Waals surface area contributed by atoms with E-state index < -0.39 is 0 Å². The molecule has 1 aromatic carbocycles. The lowest BCUT2D eigenvalue weighted by Gasteiger charge is -2.11. The molecule has 0 unspecified atom stereocenters. The molecule has 0 saturated carbocycles. The summed E-state index contributed by atoms with van der Waals surface area (Å²) in [4.78, 5) is 8.14. The van der Waals surface area contributed by atoms with E-state index in [0.29, 0.717) is 28.4 Å². The van der Waals surface area contributed by atoms with Gasteiger partial charge in [0.2, 0.25) is 0 Å². The zero-order valence-electron chi connectivity index (χ0n) is 11.3. The molecule has 5 nitrogen and oxygen atoms in total. The Kier molecular flexibility index (Phi) is 3.27. The maximum absolute atomic E-state index is 14.1. The lowest BCUT2D eigenvalue weighted by atomic mass is 10.1. The van der Waals surface area contributed by atoms with Crippen LogP contribution < -0.4 is 10.5 Å². The molecule has 0 aliphatic carbocycles. The number of nitrogens with zero attached hydrogens (tertiary/aromatic N) is 3. The minimum absolute atomic E-state index is 0.338. The Bertz CT molecular complexity index is 785. The normalized spacial score (nSPS) is 10.6. The smallest absolute Gasteiger partial charge is 0.147 e. The molecular formula is C15H13FN4O. The number of ether oxygens (including phenoxy) is 1. The van der Waals surface area contributed by atoms with Crippen molar-refractivity contribution < 1.29 is 9.13 Å². The van der Waals surface area contributed by atoms with Crippen LogP contribution in [0.3, 0.4) is 0 Å². The van der Waals surface area contributed by atoms with Crippen LogP contribution in [0.1, 0.15) is 0 Å². The molecule has 0 atom stereocenters. The van der Waals surface area contributed by atoms with Gasteiger partial charge in [0, 0.05) is 29.7 Å². The van der Waals surface area contributed by atoms with Gasteiger partial charge in [-0.2, -0.15) is 0 Å². The summed E-state index contributed by atoms with van der Waals surface area (Å²) in [6.07, 6.45) is 6.37. The summed E-state index contributed by atoms with van der Waals surface area (Å²) in [5.41, 5.74) is 8.19. The van der Waals surface area contributed by atoms with Crippen molar-refractivity contribution in [3.8, 4) is 22.7 Å². The number of anilines is 1. The summed E-state index contributed by atoms with van der Waals surface area (Å²) in [6, 6.07) is 6.21. The minimum Gasteiger partial charge on any atom is -0.497 e. The first-order valence-electron chi connectivity index (χ1n) is 6.27. The van der Waals surface area contributed by atoms with Crippen LogP contribution in [0, 0.1) is 5.82 Å². The fourth-order valence-electron chi connectivity index (χ4n) is 2.11. The van der Waals surface area contributed by atoms with Gasteiger partial charge in [-0.05, 0) is 18.2 Å². The first-order valence-corrected chi connectivity index (χ1v) is 6.27. The van der Waals surface area contributed by atoms with Crippen LogP contribution in [0.2, 0.25) is 0 Å². The Morgan fingerprint density at radius 1 is 1.19 bits per heavy atom.